The van der Waals surface area contributed by atoms with Crippen molar-refractivity contribution in [2.45, 2.75) is 65.0 Å². The predicted molar refractivity (Wildman–Crippen MR) is 150 cm³/mol. The number of amides is 4. The number of thioether (sulfide) groups is 1. The average molecular weight is 661 g/mol. The summed E-state index contributed by atoms with van der Waals surface area (Å²) in [7, 11) is 0. The van der Waals surface area contributed by atoms with Gasteiger partial charge >= 0.3 is 0 Å². The fourth-order valence-electron chi connectivity index (χ4n) is 3.05. The van der Waals surface area contributed by atoms with Crippen molar-refractivity contribution >= 4 is 81.1 Å². The highest BCUT2D eigenvalue weighted by atomic mass is 127. The van der Waals surface area contributed by atoms with Crippen molar-refractivity contribution in [3.05, 3.63) is 0 Å². The first-order chi connectivity index (χ1) is 17.0. The Bertz CT molecular complexity index is 756. The molecule has 0 radical (unpaired) electrons. The molecule has 0 spiro atoms. The summed E-state index contributed by atoms with van der Waals surface area (Å²) >= 11 is 8.62. The molecule has 4 amide bonds. The lowest BCUT2D eigenvalue weighted by Crippen LogP contribution is -2.47. The van der Waals surface area contributed by atoms with Gasteiger partial charge in [0.2, 0.25) is 23.6 Å². The zero-order chi connectivity index (χ0) is 27.5. The van der Waals surface area contributed by atoms with Crippen molar-refractivity contribution in [2.75, 3.05) is 34.9 Å². The van der Waals surface area contributed by atoms with E-state index >= 15 is 0 Å². The molecule has 13 heteroatoms. The van der Waals surface area contributed by atoms with Gasteiger partial charge in [0, 0.05) is 38.6 Å². The Balaban J connectivity index is 4.46. The molecule has 0 aliphatic rings. The standard InChI is InChI=1S/C23H38ClIN4O6S/c1-15(2)10-20(32)19(28-16(3)30)13-36-14-22(34)26-8-5-7-18(29-21(33)12-25)23(35)27-9-4-6-17(31)11-24/h15,18-19H,4-14H2,1-3H3,(H,26,34)(H,27,35)(H,28,30)(H,29,33)/t18-,19-/m0/s1. The van der Waals surface area contributed by atoms with Gasteiger partial charge < -0.3 is 21.3 Å². The summed E-state index contributed by atoms with van der Waals surface area (Å²) < 4.78 is 0.207. The smallest absolute Gasteiger partial charge is 0.242 e. The minimum absolute atomic E-state index is 0.0569. The second kappa shape index (κ2) is 20.6. The number of hydrogen-bond acceptors (Lipinski definition) is 7. The van der Waals surface area contributed by atoms with E-state index in [-0.39, 0.29) is 63.6 Å². The molecule has 0 rings (SSSR count). The van der Waals surface area contributed by atoms with Crippen LogP contribution in [0, 0.1) is 5.92 Å². The normalized spacial score (nSPS) is 12.4. The quantitative estimate of drug-likeness (QED) is 0.0875. The molecule has 0 saturated carbocycles. The van der Waals surface area contributed by atoms with Gasteiger partial charge in [-0.25, -0.2) is 0 Å². The largest absolute Gasteiger partial charge is 0.355 e. The van der Waals surface area contributed by atoms with E-state index in [0.717, 1.165) is 0 Å². The van der Waals surface area contributed by atoms with Gasteiger partial charge in [0.1, 0.15) is 11.8 Å². The molecule has 0 aliphatic carbocycles. The van der Waals surface area contributed by atoms with E-state index in [1.54, 1.807) is 0 Å². The number of ketones is 2. The topological polar surface area (TPSA) is 151 Å². The van der Waals surface area contributed by atoms with E-state index in [2.05, 4.69) is 21.3 Å². The van der Waals surface area contributed by atoms with Gasteiger partial charge in [-0.2, -0.15) is 0 Å². The predicted octanol–water partition coefficient (Wildman–Crippen LogP) is 1.36. The Kier molecular flexibility index (Phi) is 19.8. The van der Waals surface area contributed by atoms with Crippen molar-refractivity contribution in [3.8, 4) is 0 Å². The van der Waals surface area contributed by atoms with Crippen molar-refractivity contribution in [1.29, 1.82) is 0 Å². The van der Waals surface area contributed by atoms with Crippen LogP contribution < -0.4 is 21.3 Å². The number of halogens is 2. The van der Waals surface area contributed by atoms with Crippen LogP contribution in [0.3, 0.4) is 0 Å². The van der Waals surface area contributed by atoms with Crippen LogP contribution in [-0.4, -0.2) is 82.2 Å². The van der Waals surface area contributed by atoms with Crippen LogP contribution in [0.2, 0.25) is 0 Å². The van der Waals surface area contributed by atoms with Crippen LogP contribution >= 0.6 is 46.0 Å². The van der Waals surface area contributed by atoms with Crippen LogP contribution in [0.4, 0.5) is 0 Å². The molecule has 0 aliphatic heterocycles. The molecule has 0 saturated heterocycles. The Labute approximate surface area is 236 Å². The Hall–Kier alpha value is -1.41. The van der Waals surface area contributed by atoms with E-state index < -0.39 is 12.1 Å². The van der Waals surface area contributed by atoms with Gasteiger partial charge in [-0.15, -0.1) is 23.4 Å². The number of hydrogen-bond donors (Lipinski definition) is 4. The number of Topliss-reactive ketones (excluding diaryl/α,β-unsaturated/α-hetero) is 2. The van der Waals surface area contributed by atoms with E-state index in [1.165, 1.54) is 18.7 Å². The average Bonchev–Trinajstić information content (AvgIpc) is 2.81. The maximum atomic E-state index is 12.5. The molecular formula is C23H38ClIN4O6S. The molecule has 0 heterocycles. The summed E-state index contributed by atoms with van der Waals surface area (Å²) in [4.78, 5) is 71.3. The summed E-state index contributed by atoms with van der Waals surface area (Å²) in [5.41, 5.74) is 0. The van der Waals surface area contributed by atoms with Crippen molar-refractivity contribution in [3.63, 3.8) is 0 Å². The van der Waals surface area contributed by atoms with Crippen LogP contribution in [-0.2, 0) is 28.8 Å². The van der Waals surface area contributed by atoms with E-state index in [1.807, 2.05) is 36.4 Å². The summed E-state index contributed by atoms with van der Waals surface area (Å²) in [6.45, 7) is 5.82. The van der Waals surface area contributed by atoms with Gasteiger partial charge in [0.05, 0.1) is 22.1 Å². The minimum atomic E-state index is -0.743. The Morgan fingerprint density at radius 2 is 1.58 bits per heavy atom. The first kappa shape index (κ1) is 34.6. The molecule has 0 fully saturated rings. The molecule has 0 unspecified atom stereocenters. The molecule has 0 aromatic carbocycles. The Morgan fingerprint density at radius 3 is 2.17 bits per heavy atom. The van der Waals surface area contributed by atoms with Crippen LogP contribution in [0.25, 0.3) is 0 Å². The number of nitrogens with one attached hydrogen (secondary N) is 4. The van der Waals surface area contributed by atoms with Crippen LogP contribution in [0.1, 0.15) is 52.9 Å². The highest BCUT2D eigenvalue weighted by Crippen LogP contribution is 2.09. The van der Waals surface area contributed by atoms with Gasteiger partial charge in [-0.05, 0) is 25.2 Å². The highest BCUT2D eigenvalue weighted by molar-refractivity contribution is 14.1. The Morgan fingerprint density at radius 1 is 0.917 bits per heavy atom. The highest BCUT2D eigenvalue weighted by Gasteiger charge is 2.21. The lowest BCUT2D eigenvalue weighted by Gasteiger charge is -2.18. The second-order valence-corrected chi connectivity index (χ2v) is 10.7. The lowest BCUT2D eigenvalue weighted by molar-refractivity contribution is -0.128. The van der Waals surface area contributed by atoms with Gasteiger partial charge in [0.25, 0.3) is 0 Å². The fraction of sp³-hybridized carbons (Fsp3) is 0.739. The number of carbonyl (C=O) groups is 6. The molecule has 36 heavy (non-hydrogen) atoms. The van der Waals surface area contributed by atoms with Gasteiger partial charge in [-0.1, -0.05) is 36.4 Å². The summed E-state index contributed by atoms with van der Waals surface area (Å²) in [6.07, 6.45) is 1.88. The molecule has 206 valence electrons. The monoisotopic (exact) mass is 660 g/mol. The molecule has 0 bridgehead atoms. The molecule has 2 atom stereocenters. The third kappa shape index (κ3) is 17.9. The number of rotatable bonds is 20. The fourth-order valence-corrected chi connectivity index (χ4v) is 4.31. The van der Waals surface area contributed by atoms with Gasteiger partial charge in [-0.3, -0.25) is 28.8 Å². The zero-order valence-corrected chi connectivity index (χ0v) is 24.9. The maximum Gasteiger partial charge on any atom is 0.242 e. The summed E-state index contributed by atoms with van der Waals surface area (Å²) in [5.74, 6) is -0.732. The molecular weight excluding hydrogens is 623 g/mol. The van der Waals surface area contributed by atoms with Crippen molar-refractivity contribution < 1.29 is 28.8 Å². The van der Waals surface area contributed by atoms with E-state index in [9.17, 15) is 28.8 Å². The lowest BCUT2D eigenvalue weighted by atomic mass is 10.0. The molecule has 10 nitrogen and oxygen atoms in total. The zero-order valence-electron chi connectivity index (χ0n) is 21.1. The summed E-state index contributed by atoms with van der Waals surface area (Å²) in [5, 5.41) is 10.8. The third-order valence-corrected chi connectivity index (χ3v) is 6.76. The molecule has 0 aromatic heterocycles. The first-order valence-electron chi connectivity index (χ1n) is 11.8. The number of carbonyl (C=O) groups excluding carboxylic acids is 6. The van der Waals surface area contributed by atoms with E-state index in [4.69, 9.17) is 11.6 Å². The minimum Gasteiger partial charge on any atom is -0.355 e. The SMILES string of the molecule is CC(=O)N[C@@H](CSCC(=O)NCCC[C@H](NC(=O)CI)C(=O)NCCCC(=O)CCl)C(=O)CC(C)C. The van der Waals surface area contributed by atoms with Crippen molar-refractivity contribution in [1.82, 2.24) is 21.3 Å². The summed E-state index contributed by atoms with van der Waals surface area (Å²) in [6, 6.07) is -1.37. The first-order valence-corrected chi connectivity index (χ1v) is 15.1. The van der Waals surface area contributed by atoms with Crippen LogP contribution in [0.15, 0.2) is 0 Å². The third-order valence-electron chi connectivity index (χ3n) is 4.74. The van der Waals surface area contributed by atoms with Gasteiger partial charge in [0.15, 0.2) is 5.78 Å². The molecule has 4 N–H and O–H groups in total. The van der Waals surface area contributed by atoms with Crippen LogP contribution in [0.5, 0.6) is 0 Å². The molecule has 0 aromatic rings. The van der Waals surface area contributed by atoms with Crippen molar-refractivity contribution in [2.24, 2.45) is 5.92 Å². The van der Waals surface area contributed by atoms with E-state index in [0.29, 0.717) is 44.5 Å². The number of alkyl halides is 2. The maximum absolute atomic E-state index is 12.5. The second-order valence-electron chi connectivity index (χ2n) is 8.65.